The molecule has 0 aromatic heterocycles. The molecule has 3 rings (SSSR count). The number of amides is 2. The minimum atomic E-state index is -0.499. The van der Waals surface area contributed by atoms with Crippen molar-refractivity contribution in [3.05, 3.63) is 65.5 Å². The molecule has 2 aromatic carbocycles. The third kappa shape index (κ3) is 5.95. The van der Waals surface area contributed by atoms with Crippen molar-refractivity contribution in [2.75, 3.05) is 31.1 Å². The molecule has 2 aromatic rings. The first-order valence-electron chi connectivity index (χ1n) is 10.1. The number of halogens is 1. The highest BCUT2D eigenvalue weighted by molar-refractivity contribution is 5.94. The van der Waals surface area contributed by atoms with Crippen molar-refractivity contribution < 1.29 is 18.7 Å². The van der Waals surface area contributed by atoms with Crippen LogP contribution in [0.25, 0.3) is 0 Å². The van der Waals surface area contributed by atoms with Gasteiger partial charge in [0.15, 0.2) is 0 Å². The van der Waals surface area contributed by atoms with Crippen molar-refractivity contribution in [1.82, 2.24) is 10.2 Å². The van der Waals surface area contributed by atoms with Crippen molar-refractivity contribution in [3.63, 3.8) is 0 Å². The Morgan fingerprint density at radius 2 is 1.57 bits per heavy atom. The summed E-state index contributed by atoms with van der Waals surface area (Å²) >= 11 is 0. The monoisotopic (exact) mass is 413 g/mol. The fourth-order valence-corrected chi connectivity index (χ4v) is 3.18. The van der Waals surface area contributed by atoms with E-state index in [1.165, 1.54) is 12.1 Å². The quantitative estimate of drug-likeness (QED) is 0.828. The van der Waals surface area contributed by atoms with Gasteiger partial charge < -0.3 is 19.9 Å². The number of carbonyl (C=O) groups excluding carboxylic acids is 2. The molecule has 0 spiro atoms. The van der Waals surface area contributed by atoms with Crippen LogP contribution in [0.5, 0.6) is 0 Å². The van der Waals surface area contributed by atoms with Gasteiger partial charge in [-0.3, -0.25) is 4.79 Å². The van der Waals surface area contributed by atoms with Gasteiger partial charge >= 0.3 is 6.09 Å². The summed E-state index contributed by atoms with van der Waals surface area (Å²) in [5.74, 6) is -0.479. The first kappa shape index (κ1) is 21.6. The summed E-state index contributed by atoms with van der Waals surface area (Å²) in [5, 5.41) is 2.84. The van der Waals surface area contributed by atoms with Crippen LogP contribution in [-0.2, 0) is 11.3 Å². The van der Waals surface area contributed by atoms with Crippen LogP contribution in [0.15, 0.2) is 48.5 Å². The minimum absolute atomic E-state index is 0.180. The van der Waals surface area contributed by atoms with E-state index >= 15 is 0 Å². The number of piperazine rings is 1. The van der Waals surface area contributed by atoms with E-state index < -0.39 is 5.60 Å². The molecule has 2 amide bonds. The molecule has 0 radical (unpaired) electrons. The third-order valence-corrected chi connectivity index (χ3v) is 4.79. The molecule has 30 heavy (non-hydrogen) atoms. The molecule has 0 atom stereocenters. The number of rotatable bonds is 4. The average Bonchev–Trinajstić information content (AvgIpc) is 2.72. The SMILES string of the molecule is CC(C)(C)OC(=O)N1CCN(c2ccc(C(=O)NCc3ccc(F)cc3)cc2)CC1. The molecule has 1 heterocycles. The van der Waals surface area contributed by atoms with Crippen molar-refractivity contribution in [2.45, 2.75) is 32.9 Å². The Bertz CT molecular complexity index is 868. The van der Waals surface area contributed by atoms with Gasteiger partial charge in [0, 0.05) is 44.0 Å². The van der Waals surface area contributed by atoms with Crippen molar-refractivity contribution in [3.8, 4) is 0 Å². The van der Waals surface area contributed by atoms with E-state index in [1.807, 2.05) is 32.9 Å². The second-order valence-corrected chi connectivity index (χ2v) is 8.31. The number of nitrogens with zero attached hydrogens (tertiary/aromatic N) is 2. The van der Waals surface area contributed by atoms with Crippen LogP contribution < -0.4 is 10.2 Å². The Morgan fingerprint density at radius 3 is 2.13 bits per heavy atom. The Balaban J connectivity index is 1.50. The summed E-state index contributed by atoms with van der Waals surface area (Å²) in [6.07, 6.45) is -0.282. The molecule has 1 aliphatic rings. The Labute approximate surface area is 176 Å². The van der Waals surface area contributed by atoms with Crippen LogP contribution in [0.1, 0.15) is 36.7 Å². The number of nitrogens with one attached hydrogen (secondary N) is 1. The van der Waals surface area contributed by atoms with E-state index in [-0.39, 0.29) is 17.8 Å². The fourth-order valence-electron chi connectivity index (χ4n) is 3.18. The summed E-state index contributed by atoms with van der Waals surface area (Å²) in [4.78, 5) is 28.4. The first-order valence-corrected chi connectivity index (χ1v) is 10.1. The third-order valence-electron chi connectivity index (χ3n) is 4.79. The van der Waals surface area contributed by atoms with Crippen LogP contribution in [-0.4, -0.2) is 48.7 Å². The summed E-state index contributed by atoms with van der Waals surface area (Å²) in [5.41, 5.74) is 1.91. The highest BCUT2D eigenvalue weighted by Crippen LogP contribution is 2.19. The van der Waals surface area contributed by atoms with E-state index in [9.17, 15) is 14.0 Å². The normalized spacial score (nSPS) is 14.4. The Hall–Kier alpha value is -3.09. The first-order chi connectivity index (χ1) is 14.2. The van der Waals surface area contributed by atoms with E-state index in [1.54, 1.807) is 29.2 Å². The molecule has 1 N–H and O–H groups in total. The molecule has 160 valence electrons. The van der Waals surface area contributed by atoms with Crippen molar-refractivity contribution in [1.29, 1.82) is 0 Å². The predicted octanol–water partition coefficient (Wildman–Crippen LogP) is 3.81. The molecule has 0 saturated carbocycles. The molecule has 7 heteroatoms. The van der Waals surface area contributed by atoms with E-state index in [0.29, 0.717) is 38.3 Å². The summed E-state index contributed by atoms with van der Waals surface area (Å²) in [6.45, 7) is 8.51. The van der Waals surface area contributed by atoms with Gasteiger partial charge in [-0.25, -0.2) is 9.18 Å². The molecule has 0 unspecified atom stereocenters. The maximum absolute atomic E-state index is 13.0. The van der Waals surface area contributed by atoms with Gasteiger partial charge in [0.05, 0.1) is 0 Å². The zero-order valence-corrected chi connectivity index (χ0v) is 17.7. The molecule has 1 aliphatic heterocycles. The van der Waals surface area contributed by atoms with E-state index in [4.69, 9.17) is 4.74 Å². The predicted molar refractivity (Wildman–Crippen MR) is 114 cm³/mol. The molecular weight excluding hydrogens is 385 g/mol. The van der Waals surface area contributed by atoms with Crippen LogP contribution in [0.2, 0.25) is 0 Å². The van der Waals surface area contributed by atoms with E-state index in [2.05, 4.69) is 10.2 Å². The molecule has 6 nitrogen and oxygen atoms in total. The highest BCUT2D eigenvalue weighted by atomic mass is 19.1. The lowest BCUT2D eigenvalue weighted by Gasteiger charge is -2.36. The second kappa shape index (κ2) is 9.15. The van der Waals surface area contributed by atoms with Crippen LogP contribution in [0.3, 0.4) is 0 Å². The van der Waals surface area contributed by atoms with Gasteiger partial charge in [-0.15, -0.1) is 0 Å². The molecule has 1 saturated heterocycles. The van der Waals surface area contributed by atoms with Gasteiger partial charge in [0.2, 0.25) is 0 Å². The number of hydrogen-bond acceptors (Lipinski definition) is 4. The number of benzene rings is 2. The maximum atomic E-state index is 13.0. The van der Waals surface area contributed by atoms with Gasteiger partial charge in [-0.2, -0.15) is 0 Å². The Kier molecular flexibility index (Phi) is 6.59. The second-order valence-electron chi connectivity index (χ2n) is 8.31. The minimum Gasteiger partial charge on any atom is -0.444 e. The lowest BCUT2D eigenvalue weighted by Crippen LogP contribution is -2.50. The van der Waals surface area contributed by atoms with Crippen LogP contribution in [0.4, 0.5) is 14.9 Å². The Morgan fingerprint density at radius 1 is 0.967 bits per heavy atom. The topological polar surface area (TPSA) is 61.9 Å². The standard InChI is InChI=1S/C23H28FN3O3/c1-23(2,3)30-22(29)27-14-12-26(13-15-27)20-10-6-18(7-11-20)21(28)25-16-17-4-8-19(24)9-5-17/h4-11H,12-16H2,1-3H3,(H,25,28). The molecule has 0 aliphatic carbocycles. The summed E-state index contributed by atoms with van der Waals surface area (Å²) in [7, 11) is 0. The average molecular weight is 413 g/mol. The zero-order valence-electron chi connectivity index (χ0n) is 17.7. The van der Waals surface area contributed by atoms with Gasteiger partial charge in [0.1, 0.15) is 11.4 Å². The molecule has 1 fully saturated rings. The van der Waals surface area contributed by atoms with Crippen molar-refractivity contribution >= 4 is 17.7 Å². The smallest absolute Gasteiger partial charge is 0.410 e. The number of hydrogen-bond donors (Lipinski definition) is 1. The molecule has 0 bridgehead atoms. The van der Waals surface area contributed by atoms with Crippen molar-refractivity contribution in [2.24, 2.45) is 0 Å². The van der Waals surface area contributed by atoms with E-state index in [0.717, 1.165) is 11.3 Å². The lowest BCUT2D eigenvalue weighted by atomic mass is 10.1. The number of anilines is 1. The zero-order chi connectivity index (χ0) is 21.7. The lowest BCUT2D eigenvalue weighted by molar-refractivity contribution is 0.0240. The maximum Gasteiger partial charge on any atom is 0.410 e. The number of carbonyl (C=O) groups is 2. The van der Waals surface area contributed by atoms with Crippen LogP contribution >= 0.6 is 0 Å². The van der Waals surface area contributed by atoms with Crippen LogP contribution in [0, 0.1) is 5.82 Å². The summed E-state index contributed by atoms with van der Waals surface area (Å²) < 4.78 is 18.4. The molecular formula is C23H28FN3O3. The fraction of sp³-hybridized carbons (Fsp3) is 0.391. The largest absolute Gasteiger partial charge is 0.444 e. The number of ether oxygens (including phenoxy) is 1. The van der Waals surface area contributed by atoms with Gasteiger partial charge in [-0.05, 0) is 62.7 Å². The van der Waals surface area contributed by atoms with Gasteiger partial charge in [0.25, 0.3) is 5.91 Å². The highest BCUT2D eigenvalue weighted by Gasteiger charge is 2.26. The van der Waals surface area contributed by atoms with Gasteiger partial charge in [-0.1, -0.05) is 12.1 Å². The summed E-state index contributed by atoms with van der Waals surface area (Å²) in [6, 6.07) is 13.4.